The second-order valence-corrected chi connectivity index (χ2v) is 3.63. The van der Waals surface area contributed by atoms with Crippen LogP contribution in [0.3, 0.4) is 0 Å². The molecule has 1 heterocycles. The second kappa shape index (κ2) is 4.08. The Morgan fingerprint density at radius 3 is 2.41 bits per heavy atom. The summed E-state index contributed by atoms with van der Waals surface area (Å²) < 4.78 is 39.4. The molecule has 5 heteroatoms. The first-order valence-electron chi connectivity index (χ1n) is 4.86. The van der Waals surface area contributed by atoms with E-state index in [4.69, 9.17) is 5.73 Å². The molecular weight excluding hydrogens is 229 g/mol. The lowest BCUT2D eigenvalue weighted by Gasteiger charge is -2.08. The summed E-state index contributed by atoms with van der Waals surface area (Å²) in [5, 5.41) is 0. The smallest absolute Gasteiger partial charge is 0.194 e. The average Bonchev–Trinajstić information content (AvgIpc) is 2.32. The summed E-state index contributed by atoms with van der Waals surface area (Å²) in [5.41, 5.74) is 6.18. The van der Waals surface area contributed by atoms with Gasteiger partial charge in [0.2, 0.25) is 0 Å². The normalized spacial score (nSPS) is 10.6. The molecule has 0 aliphatic rings. The van der Waals surface area contributed by atoms with Gasteiger partial charge in [0.1, 0.15) is 5.82 Å². The Kier molecular flexibility index (Phi) is 2.75. The molecule has 0 saturated carbocycles. The van der Waals surface area contributed by atoms with E-state index in [0.717, 1.165) is 6.07 Å². The monoisotopic (exact) mass is 238 g/mol. The minimum absolute atomic E-state index is 0.0375. The highest BCUT2D eigenvalue weighted by Crippen LogP contribution is 2.28. The van der Waals surface area contributed by atoms with E-state index in [-0.39, 0.29) is 11.1 Å². The molecule has 1 aromatic heterocycles. The van der Waals surface area contributed by atoms with Gasteiger partial charge in [-0.2, -0.15) is 0 Å². The van der Waals surface area contributed by atoms with Crippen LogP contribution in [0.25, 0.3) is 11.1 Å². The van der Waals surface area contributed by atoms with Crippen LogP contribution in [0.5, 0.6) is 0 Å². The van der Waals surface area contributed by atoms with E-state index in [1.165, 1.54) is 19.2 Å². The number of nitrogens with two attached hydrogens (primary N) is 1. The maximum atomic E-state index is 13.4. The first kappa shape index (κ1) is 11.4. The van der Waals surface area contributed by atoms with Crippen molar-refractivity contribution < 1.29 is 13.2 Å². The average molecular weight is 238 g/mol. The van der Waals surface area contributed by atoms with E-state index in [2.05, 4.69) is 4.98 Å². The summed E-state index contributed by atoms with van der Waals surface area (Å²) in [6.07, 6.45) is 1.38. The maximum Gasteiger partial charge on any atom is 0.194 e. The number of halogens is 3. The highest BCUT2D eigenvalue weighted by Gasteiger charge is 2.16. The van der Waals surface area contributed by atoms with Crippen molar-refractivity contribution in [2.24, 2.45) is 0 Å². The molecule has 17 heavy (non-hydrogen) atoms. The van der Waals surface area contributed by atoms with Crippen molar-refractivity contribution in [3.63, 3.8) is 0 Å². The zero-order chi connectivity index (χ0) is 12.6. The lowest BCUT2D eigenvalue weighted by atomic mass is 10.0. The molecule has 0 amide bonds. The first-order valence-corrected chi connectivity index (χ1v) is 4.86. The van der Waals surface area contributed by atoms with Crippen molar-refractivity contribution in [1.82, 2.24) is 4.98 Å². The molecule has 0 unspecified atom stereocenters. The Bertz CT molecular complexity index is 565. The van der Waals surface area contributed by atoms with E-state index < -0.39 is 17.5 Å². The summed E-state index contributed by atoms with van der Waals surface area (Å²) in [5.74, 6) is -3.57. The number of nitrogen functional groups attached to an aromatic ring is 1. The van der Waals surface area contributed by atoms with Crippen molar-refractivity contribution in [3.05, 3.63) is 47.4 Å². The summed E-state index contributed by atoms with van der Waals surface area (Å²) in [6.45, 7) is 1.38. The Morgan fingerprint density at radius 1 is 1.12 bits per heavy atom. The van der Waals surface area contributed by atoms with Gasteiger partial charge >= 0.3 is 0 Å². The van der Waals surface area contributed by atoms with E-state index in [0.29, 0.717) is 11.4 Å². The number of aromatic nitrogens is 1. The van der Waals surface area contributed by atoms with E-state index >= 15 is 0 Å². The fourth-order valence-electron chi connectivity index (χ4n) is 1.55. The summed E-state index contributed by atoms with van der Waals surface area (Å²) in [4.78, 5) is 3.82. The van der Waals surface area contributed by atoms with Crippen LogP contribution in [0.4, 0.5) is 19.0 Å². The van der Waals surface area contributed by atoms with Gasteiger partial charge in [0.25, 0.3) is 0 Å². The Labute approximate surface area is 95.9 Å². The van der Waals surface area contributed by atoms with E-state index in [1.807, 2.05) is 0 Å². The minimum Gasteiger partial charge on any atom is -0.384 e. The molecule has 2 rings (SSSR count). The van der Waals surface area contributed by atoms with Gasteiger partial charge in [0.05, 0.1) is 0 Å². The number of hydrogen-bond donors (Lipinski definition) is 1. The van der Waals surface area contributed by atoms with Gasteiger partial charge in [-0.15, -0.1) is 0 Å². The molecule has 0 saturated heterocycles. The lowest BCUT2D eigenvalue weighted by molar-refractivity contribution is 0.444. The van der Waals surface area contributed by atoms with Gasteiger partial charge in [0, 0.05) is 11.8 Å². The van der Waals surface area contributed by atoms with Crippen LogP contribution >= 0.6 is 0 Å². The molecule has 2 aromatic rings. The van der Waals surface area contributed by atoms with Crippen molar-refractivity contribution in [2.75, 3.05) is 5.73 Å². The third kappa shape index (κ3) is 1.95. The van der Waals surface area contributed by atoms with E-state index in [9.17, 15) is 13.2 Å². The highest BCUT2D eigenvalue weighted by atomic mass is 19.2. The second-order valence-electron chi connectivity index (χ2n) is 3.63. The Morgan fingerprint density at radius 2 is 1.82 bits per heavy atom. The third-order valence-corrected chi connectivity index (χ3v) is 2.50. The standard InChI is InChI=1S/C12H9F3N2/c1-6-8(4-9(13)12(15)11(6)14)7-2-3-10(16)17-5-7/h2-5H,1H3,(H2,16,17). The minimum atomic E-state index is -1.46. The third-order valence-electron chi connectivity index (χ3n) is 2.50. The molecule has 0 aliphatic heterocycles. The fraction of sp³-hybridized carbons (Fsp3) is 0.0833. The highest BCUT2D eigenvalue weighted by molar-refractivity contribution is 5.67. The molecule has 0 atom stereocenters. The number of pyridine rings is 1. The molecule has 0 bridgehead atoms. The maximum absolute atomic E-state index is 13.4. The van der Waals surface area contributed by atoms with Crippen LogP contribution in [0.2, 0.25) is 0 Å². The van der Waals surface area contributed by atoms with Gasteiger partial charge in [-0.1, -0.05) is 0 Å². The molecule has 2 nitrogen and oxygen atoms in total. The number of anilines is 1. The molecule has 2 N–H and O–H groups in total. The van der Waals surface area contributed by atoms with Crippen molar-refractivity contribution in [3.8, 4) is 11.1 Å². The van der Waals surface area contributed by atoms with Crippen molar-refractivity contribution >= 4 is 5.82 Å². The van der Waals surface area contributed by atoms with Crippen molar-refractivity contribution in [2.45, 2.75) is 6.92 Å². The van der Waals surface area contributed by atoms with Gasteiger partial charge in [-0.25, -0.2) is 18.2 Å². The van der Waals surface area contributed by atoms with Crippen molar-refractivity contribution in [1.29, 1.82) is 0 Å². The van der Waals surface area contributed by atoms with Gasteiger partial charge in [-0.3, -0.25) is 0 Å². The molecular formula is C12H9F3N2. The predicted octanol–water partition coefficient (Wildman–Crippen LogP) is 3.06. The summed E-state index contributed by atoms with van der Waals surface area (Å²) in [6, 6.07) is 4.02. The zero-order valence-electron chi connectivity index (χ0n) is 8.97. The van der Waals surface area contributed by atoms with Crippen LogP contribution in [0, 0.1) is 24.4 Å². The SMILES string of the molecule is Cc1c(-c2ccc(N)nc2)cc(F)c(F)c1F. The molecule has 0 aliphatic carbocycles. The first-order chi connectivity index (χ1) is 8.00. The van der Waals surface area contributed by atoms with Gasteiger partial charge < -0.3 is 5.73 Å². The molecule has 1 aromatic carbocycles. The zero-order valence-corrected chi connectivity index (χ0v) is 8.97. The van der Waals surface area contributed by atoms with E-state index in [1.54, 1.807) is 6.07 Å². The van der Waals surface area contributed by atoms with Crippen LogP contribution in [-0.4, -0.2) is 4.98 Å². The fourth-order valence-corrected chi connectivity index (χ4v) is 1.55. The van der Waals surface area contributed by atoms with Crippen LogP contribution in [0.15, 0.2) is 24.4 Å². The van der Waals surface area contributed by atoms with Crippen LogP contribution in [-0.2, 0) is 0 Å². The topological polar surface area (TPSA) is 38.9 Å². The van der Waals surface area contributed by atoms with Gasteiger partial charge in [0.15, 0.2) is 17.5 Å². The number of nitrogens with zero attached hydrogens (tertiary/aromatic N) is 1. The quantitative estimate of drug-likeness (QED) is 0.775. The lowest BCUT2D eigenvalue weighted by Crippen LogP contribution is -1.98. The van der Waals surface area contributed by atoms with Crippen LogP contribution in [0.1, 0.15) is 5.56 Å². The molecule has 88 valence electrons. The molecule has 0 radical (unpaired) electrons. The summed E-state index contributed by atoms with van der Waals surface area (Å²) >= 11 is 0. The molecule has 0 spiro atoms. The Balaban J connectivity index is 2.64. The number of rotatable bonds is 1. The summed E-state index contributed by atoms with van der Waals surface area (Å²) in [7, 11) is 0. The van der Waals surface area contributed by atoms with Gasteiger partial charge in [-0.05, 0) is 36.2 Å². The van der Waals surface area contributed by atoms with Crippen LogP contribution < -0.4 is 5.73 Å². The molecule has 0 fully saturated rings. The largest absolute Gasteiger partial charge is 0.384 e. The Hall–Kier alpha value is -2.04. The number of benzene rings is 1. The number of hydrogen-bond acceptors (Lipinski definition) is 2. The predicted molar refractivity (Wildman–Crippen MR) is 58.7 cm³/mol.